The van der Waals surface area contributed by atoms with E-state index in [0.29, 0.717) is 35.9 Å². The second-order valence-electron chi connectivity index (χ2n) is 9.08. The van der Waals surface area contributed by atoms with E-state index in [1.54, 1.807) is 0 Å². The largest absolute Gasteiger partial charge is 0.393 e. The van der Waals surface area contributed by atoms with Crippen LogP contribution in [0.25, 0.3) is 0 Å². The highest BCUT2D eigenvalue weighted by Crippen LogP contribution is 2.65. The van der Waals surface area contributed by atoms with Gasteiger partial charge in [0.15, 0.2) is 0 Å². The molecule has 4 fully saturated rings. The molecular weight excluding hydrogens is 276 g/mol. The quantitative estimate of drug-likeness (QED) is 0.723. The minimum Gasteiger partial charge on any atom is -0.393 e. The summed E-state index contributed by atoms with van der Waals surface area (Å²) in [4.78, 5) is 12.4. The van der Waals surface area contributed by atoms with Gasteiger partial charge in [-0.3, -0.25) is 4.79 Å². The van der Waals surface area contributed by atoms with Crippen molar-refractivity contribution in [3.63, 3.8) is 0 Å². The highest BCUT2D eigenvalue weighted by molar-refractivity contribution is 5.87. The number of fused-ring (bicyclic) bond motifs is 5. The SMILES string of the molecule is C[C@@]12CC[C@H](O)C[C@@H]1CC[C@H]1[C@H]2C[C@@H](O)[C@@]2(C)C(=O)CC[C@H]12. The van der Waals surface area contributed by atoms with Crippen LogP contribution in [0, 0.1) is 34.5 Å². The predicted octanol–water partition coefficient (Wildman–Crippen LogP) is 2.93. The monoisotopic (exact) mass is 306 g/mol. The number of carbonyl (C=O) groups excluding carboxylic acids is 1. The molecule has 0 saturated heterocycles. The number of aliphatic hydroxyl groups is 2. The van der Waals surface area contributed by atoms with Crippen LogP contribution in [0.1, 0.15) is 65.2 Å². The molecule has 0 aromatic rings. The first-order valence-electron chi connectivity index (χ1n) is 9.26. The number of Topliss-reactive ketones (excluding diaryl/α,β-unsaturated/α-hetero) is 1. The molecule has 124 valence electrons. The van der Waals surface area contributed by atoms with E-state index in [1.165, 1.54) is 12.8 Å². The molecule has 0 amide bonds. The molecule has 0 aliphatic heterocycles. The van der Waals surface area contributed by atoms with Gasteiger partial charge < -0.3 is 10.2 Å². The first-order chi connectivity index (χ1) is 10.4. The van der Waals surface area contributed by atoms with Crippen molar-refractivity contribution < 1.29 is 15.0 Å². The Kier molecular flexibility index (Phi) is 3.30. The first-order valence-corrected chi connectivity index (χ1v) is 9.26. The molecule has 0 aromatic carbocycles. The normalized spacial score (nSPS) is 57.9. The second-order valence-corrected chi connectivity index (χ2v) is 9.08. The Labute approximate surface area is 133 Å². The minimum absolute atomic E-state index is 0.124. The Morgan fingerprint density at radius 1 is 1.00 bits per heavy atom. The Morgan fingerprint density at radius 3 is 2.55 bits per heavy atom. The number of hydrogen-bond donors (Lipinski definition) is 2. The average molecular weight is 306 g/mol. The molecule has 0 radical (unpaired) electrons. The highest BCUT2D eigenvalue weighted by Gasteiger charge is 2.63. The van der Waals surface area contributed by atoms with E-state index in [-0.39, 0.29) is 11.5 Å². The molecule has 8 atom stereocenters. The van der Waals surface area contributed by atoms with Crippen LogP contribution in [0.2, 0.25) is 0 Å². The minimum atomic E-state index is -0.474. The fraction of sp³-hybridized carbons (Fsp3) is 0.947. The third kappa shape index (κ3) is 1.78. The van der Waals surface area contributed by atoms with E-state index < -0.39 is 11.5 Å². The van der Waals surface area contributed by atoms with E-state index in [1.807, 2.05) is 6.92 Å². The van der Waals surface area contributed by atoms with E-state index in [4.69, 9.17) is 0 Å². The molecule has 2 N–H and O–H groups in total. The molecule has 4 rings (SSSR count). The van der Waals surface area contributed by atoms with E-state index >= 15 is 0 Å². The van der Waals surface area contributed by atoms with Crippen LogP contribution in [-0.2, 0) is 4.79 Å². The topological polar surface area (TPSA) is 57.5 Å². The van der Waals surface area contributed by atoms with Crippen molar-refractivity contribution in [3.05, 3.63) is 0 Å². The number of aliphatic hydroxyl groups excluding tert-OH is 2. The molecule has 22 heavy (non-hydrogen) atoms. The van der Waals surface area contributed by atoms with Gasteiger partial charge in [-0.05, 0) is 81.0 Å². The van der Waals surface area contributed by atoms with Crippen LogP contribution in [0.15, 0.2) is 0 Å². The molecule has 0 spiro atoms. The molecule has 0 aromatic heterocycles. The van der Waals surface area contributed by atoms with E-state index in [2.05, 4.69) is 6.92 Å². The number of ketones is 1. The van der Waals surface area contributed by atoms with Crippen molar-refractivity contribution in [1.82, 2.24) is 0 Å². The fourth-order valence-electron chi connectivity index (χ4n) is 6.98. The Bertz CT molecular complexity index is 489. The summed E-state index contributed by atoms with van der Waals surface area (Å²) in [6.45, 7) is 4.44. The maximum Gasteiger partial charge on any atom is 0.141 e. The molecule has 3 nitrogen and oxygen atoms in total. The van der Waals surface area contributed by atoms with Gasteiger partial charge in [-0.2, -0.15) is 0 Å². The molecule has 4 saturated carbocycles. The van der Waals surface area contributed by atoms with Crippen molar-refractivity contribution in [2.75, 3.05) is 0 Å². The molecule has 3 heteroatoms. The fourth-order valence-corrected chi connectivity index (χ4v) is 6.98. The zero-order valence-corrected chi connectivity index (χ0v) is 13.9. The van der Waals surface area contributed by atoms with Crippen LogP contribution in [-0.4, -0.2) is 28.2 Å². The summed E-state index contributed by atoms with van der Waals surface area (Å²) in [5.41, 5.74) is -0.214. The molecule has 0 heterocycles. The van der Waals surface area contributed by atoms with Crippen molar-refractivity contribution in [1.29, 1.82) is 0 Å². The zero-order valence-electron chi connectivity index (χ0n) is 13.9. The van der Waals surface area contributed by atoms with Crippen LogP contribution in [0.4, 0.5) is 0 Å². The lowest BCUT2D eigenvalue weighted by atomic mass is 9.44. The molecule has 0 bridgehead atoms. The van der Waals surface area contributed by atoms with Gasteiger partial charge in [-0.25, -0.2) is 0 Å². The molecule has 0 unspecified atom stereocenters. The van der Waals surface area contributed by atoms with E-state index in [9.17, 15) is 15.0 Å². The number of hydrogen-bond acceptors (Lipinski definition) is 3. The van der Waals surface area contributed by atoms with Gasteiger partial charge >= 0.3 is 0 Å². The third-order valence-electron chi connectivity index (χ3n) is 8.46. The van der Waals surface area contributed by atoms with Crippen LogP contribution in [0.5, 0.6) is 0 Å². The van der Waals surface area contributed by atoms with Crippen molar-refractivity contribution in [2.24, 2.45) is 34.5 Å². The number of rotatable bonds is 0. The lowest BCUT2D eigenvalue weighted by Gasteiger charge is -2.61. The van der Waals surface area contributed by atoms with Crippen LogP contribution in [0.3, 0.4) is 0 Å². The van der Waals surface area contributed by atoms with Crippen molar-refractivity contribution >= 4 is 5.78 Å². The van der Waals surface area contributed by atoms with Gasteiger partial charge in [0, 0.05) is 6.42 Å². The Morgan fingerprint density at radius 2 is 1.77 bits per heavy atom. The summed E-state index contributed by atoms with van der Waals surface area (Å²) in [7, 11) is 0. The second kappa shape index (κ2) is 4.80. The summed E-state index contributed by atoms with van der Waals surface area (Å²) >= 11 is 0. The van der Waals surface area contributed by atoms with Crippen LogP contribution < -0.4 is 0 Å². The predicted molar refractivity (Wildman–Crippen MR) is 84.1 cm³/mol. The van der Waals surface area contributed by atoms with Gasteiger partial charge in [0.2, 0.25) is 0 Å². The molecule has 4 aliphatic rings. The smallest absolute Gasteiger partial charge is 0.141 e. The Balaban J connectivity index is 1.68. The van der Waals surface area contributed by atoms with Gasteiger partial charge in [0.25, 0.3) is 0 Å². The molecule has 4 aliphatic carbocycles. The van der Waals surface area contributed by atoms with Gasteiger partial charge in [0.1, 0.15) is 5.78 Å². The summed E-state index contributed by atoms with van der Waals surface area (Å²) < 4.78 is 0. The number of carbonyl (C=O) groups is 1. The van der Waals surface area contributed by atoms with Crippen molar-refractivity contribution in [2.45, 2.75) is 77.4 Å². The Hall–Kier alpha value is -0.410. The summed E-state index contributed by atoms with van der Waals surface area (Å²) in [6, 6.07) is 0. The van der Waals surface area contributed by atoms with Crippen molar-refractivity contribution in [3.8, 4) is 0 Å². The van der Waals surface area contributed by atoms with E-state index in [0.717, 1.165) is 32.1 Å². The first kappa shape index (κ1) is 15.1. The van der Waals surface area contributed by atoms with Gasteiger partial charge in [-0.15, -0.1) is 0 Å². The van der Waals surface area contributed by atoms with Crippen LogP contribution >= 0.6 is 0 Å². The zero-order chi connectivity index (χ0) is 15.7. The lowest BCUT2D eigenvalue weighted by molar-refractivity contribution is -0.169. The maximum atomic E-state index is 12.4. The van der Waals surface area contributed by atoms with Gasteiger partial charge in [0.05, 0.1) is 17.6 Å². The summed E-state index contributed by atoms with van der Waals surface area (Å²) in [5.74, 6) is 2.44. The standard InChI is InChI=1S/C19H30O3/c1-18-8-7-12(20)9-11(18)3-4-13-14-5-6-16(21)19(14,2)17(22)10-15(13)18/h11-15,17,20,22H,3-10H2,1-2H3/t11-,12-,13+,14+,15+,17+,18+,19+/m0/s1. The average Bonchev–Trinajstić information content (AvgIpc) is 2.79. The molecular formula is C19H30O3. The summed E-state index contributed by atoms with van der Waals surface area (Å²) in [5, 5.41) is 20.9. The highest BCUT2D eigenvalue weighted by atomic mass is 16.3. The maximum absolute atomic E-state index is 12.4. The van der Waals surface area contributed by atoms with Gasteiger partial charge in [-0.1, -0.05) is 6.92 Å². The third-order valence-corrected chi connectivity index (χ3v) is 8.46. The lowest BCUT2D eigenvalue weighted by Crippen LogP contribution is -2.58. The summed E-state index contributed by atoms with van der Waals surface area (Å²) in [6.07, 6.45) is 7.19.